The second kappa shape index (κ2) is 4.91. The quantitative estimate of drug-likeness (QED) is 0.530. The summed E-state index contributed by atoms with van der Waals surface area (Å²) in [5, 5.41) is 0. The van der Waals surface area contributed by atoms with Gasteiger partial charge >= 0.3 is 0 Å². The van der Waals surface area contributed by atoms with Crippen LogP contribution < -0.4 is 0 Å². The zero-order chi connectivity index (χ0) is 8.81. The molecule has 1 aromatic rings. The summed E-state index contributed by atoms with van der Waals surface area (Å²) in [5.41, 5.74) is 0.331. The van der Waals surface area contributed by atoms with Crippen LogP contribution in [0, 0.1) is 0 Å². The van der Waals surface area contributed by atoms with E-state index in [0.717, 1.165) is 5.56 Å². The summed E-state index contributed by atoms with van der Waals surface area (Å²) in [6.45, 7) is 0.0308. The minimum atomic E-state index is -0.531. The second-order valence-corrected chi connectivity index (χ2v) is 2.62. The van der Waals surface area contributed by atoms with Gasteiger partial charge in [-0.25, -0.2) is 0 Å². The van der Waals surface area contributed by atoms with E-state index in [1.807, 2.05) is 30.3 Å². The molecule has 0 aliphatic heterocycles. The molecule has 1 aromatic carbocycles. The van der Waals surface area contributed by atoms with Gasteiger partial charge in [0.1, 0.15) is 12.9 Å². The Labute approximate surface area is 76.1 Å². The number of alkyl halides is 1. The number of carbonyl (C=O) groups excluding carboxylic acids is 1. The Morgan fingerprint density at radius 2 is 2.08 bits per heavy atom. The number of rotatable bonds is 4. The van der Waals surface area contributed by atoms with Gasteiger partial charge in [0.15, 0.2) is 5.56 Å². The number of halogens is 1. The van der Waals surface area contributed by atoms with E-state index in [9.17, 15) is 4.79 Å². The lowest BCUT2D eigenvalue weighted by atomic mass is 10.2. The van der Waals surface area contributed by atoms with Gasteiger partial charge in [-0.1, -0.05) is 41.9 Å². The molecule has 3 heteroatoms. The number of hydrogen-bond donors (Lipinski definition) is 0. The molecule has 1 unspecified atom stereocenters. The summed E-state index contributed by atoms with van der Waals surface area (Å²) in [5.74, 6) is 0. The third-order valence-electron chi connectivity index (χ3n) is 1.37. The number of hydrogen-bond acceptors (Lipinski definition) is 2. The van der Waals surface area contributed by atoms with E-state index in [0.29, 0.717) is 6.29 Å². The van der Waals surface area contributed by atoms with E-state index in [2.05, 4.69) is 0 Å². The first-order valence-electron chi connectivity index (χ1n) is 3.59. The zero-order valence-corrected chi connectivity index (χ0v) is 7.20. The van der Waals surface area contributed by atoms with Gasteiger partial charge in [-0.15, -0.1) is 0 Å². The van der Waals surface area contributed by atoms with Crippen molar-refractivity contribution in [2.45, 2.75) is 5.56 Å². The zero-order valence-electron chi connectivity index (χ0n) is 6.44. The topological polar surface area (TPSA) is 26.3 Å². The van der Waals surface area contributed by atoms with E-state index in [-0.39, 0.29) is 6.61 Å². The highest BCUT2D eigenvalue weighted by Gasteiger charge is 2.05. The highest BCUT2D eigenvalue weighted by Crippen LogP contribution is 2.20. The van der Waals surface area contributed by atoms with Gasteiger partial charge in [-0.05, 0) is 5.56 Å². The Kier molecular flexibility index (Phi) is 3.77. The maximum Gasteiger partial charge on any atom is 0.157 e. The van der Waals surface area contributed by atoms with Crippen LogP contribution in [0.3, 0.4) is 0 Å². The molecule has 0 radical (unpaired) electrons. The third kappa shape index (κ3) is 2.64. The van der Waals surface area contributed by atoms with Crippen LogP contribution in [0.4, 0.5) is 0 Å². The number of aldehydes is 1. The van der Waals surface area contributed by atoms with E-state index in [1.54, 1.807) is 0 Å². The van der Waals surface area contributed by atoms with E-state index in [4.69, 9.17) is 16.3 Å². The minimum Gasteiger partial charge on any atom is -0.351 e. The van der Waals surface area contributed by atoms with Crippen LogP contribution in [0.5, 0.6) is 0 Å². The van der Waals surface area contributed by atoms with Crippen LogP contribution in [0.25, 0.3) is 0 Å². The Morgan fingerprint density at radius 3 is 2.67 bits per heavy atom. The van der Waals surface area contributed by atoms with Crippen molar-refractivity contribution in [1.29, 1.82) is 0 Å². The molecule has 0 saturated carbocycles. The van der Waals surface area contributed by atoms with Crippen LogP contribution in [0.1, 0.15) is 11.1 Å². The van der Waals surface area contributed by atoms with Gasteiger partial charge in [0.05, 0.1) is 0 Å². The van der Waals surface area contributed by atoms with Crippen LogP contribution in [-0.4, -0.2) is 12.9 Å². The Balaban J connectivity index is 2.53. The fraction of sp³-hybridized carbons (Fsp3) is 0.222. The summed E-state index contributed by atoms with van der Waals surface area (Å²) in [6.07, 6.45) is 0.679. The smallest absolute Gasteiger partial charge is 0.157 e. The van der Waals surface area contributed by atoms with Crippen LogP contribution >= 0.6 is 11.6 Å². The van der Waals surface area contributed by atoms with Crippen LogP contribution in [-0.2, 0) is 9.53 Å². The molecular formula is C9H9ClO2. The van der Waals surface area contributed by atoms with E-state index in [1.165, 1.54) is 0 Å². The molecule has 0 N–H and O–H groups in total. The summed E-state index contributed by atoms with van der Waals surface area (Å²) in [6, 6.07) is 9.34. The third-order valence-corrected chi connectivity index (χ3v) is 1.75. The molecule has 0 heterocycles. The summed E-state index contributed by atoms with van der Waals surface area (Å²) >= 11 is 5.80. The molecule has 0 spiro atoms. The molecule has 0 aliphatic rings. The fourth-order valence-electron chi connectivity index (χ4n) is 0.824. The van der Waals surface area contributed by atoms with Gasteiger partial charge in [0, 0.05) is 0 Å². The maximum atomic E-state index is 9.96. The Hall–Kier alpha value is -0.860. The van der Waals surface area contributed by atoms with Gasteiger partial charge in [0.25, 0.3) is 0 Å². The lowest BCUT2D eigenvalue weighted by Crippen LogP contribution is -1.99. The molecule has 12 heavy (non-hydrogen) atoms. The van der Waals surface area contributed by atoms with Crippen molar-refractivity contribution >= 4 is 17.9 Å². The van der Waals surface area contributed by atoms with Crippen molar-refractivity contribution in [3.8, 4) is 0 Å². The van der Waals surface area contributed by atoms with Crippen molar-refractivity contribution in [3.05, 3.63) is 35.9 Å². The van der Waals surface area contributed by atoms with Crippen molar-refractivity contribution in [2.75, 3.05) is 6.61 Å². The van der Waals surface area contributed by atoms with Gasteiger partial charge in [-0.3, -0.25) is 0 Å². The molecule has 0 fully saturated rings. The molecule has 0 saturated heterocycles. The van der Waals surface area contributed by atoms with Crippen molar-refractivity contribution in [3.63, 3.8) is 0 Å². The Bertz CT molecular complexity index is 236. The average Bonchev–Trinajstić information content (AvgIpc) is 2.15. The predicted molar refractivity (Wildman–Crippen MR) is 47.1 cm³/mol. The van der Waals surface area contributed by atoms with Crippen LogP contribution in [0.2, 0.25) is 0 Å². The molecule has 1 rings (SSSR count). The number of ether oxygens (including phenoxy) is 1. The van der Waals surface area contributed by atoms with Crippen LogP contribution in [0.15, 0.2) is 30.3 Å². The highest BCUT2D eigenvalue weighted by molar-refractivity contribution is 6.19. The fourth-order valence-corrected chi connectivity index (χ4v) is 1.04. The van der Waals surface area contributed by atoms with Crippen molar-refractivity contribution in [1.82, 2.24) is 0 Å². The monoisotopic (exact) mass is 184 g/mol. The Morgan fingerprint density at radius 1 is 1.42 bits per heavy atom. The first-order chi connectivity index (χ1) is 5.84. The SMILES string of the molecule is O=CCOC(Cl)c1ccccc1. The first kappa shape index (κ1) is 9.23. The highest BCUT2D eigenvalue weighted by atomic mass is 35.5. The minimum absolute atomic E-state index is 0.0308. The van der Waals surface area contributed by atoms with Gasteiger partial charge in [0.2, 0.25) is 0 Å². The molecule has 2 nitrogen and oxygen atoms in total. The molecule has 0 aromatic heterocycles. The molecular weight excluding hydrogens is 176 g/mol. The summed E-state index contributed by atoms with van der Waals surface area (Å²) < 4.78 is 4.97. The summed E-state index contributed by atoms with van der Waals surface area (Å²) in [4.78, 5) is 9.96. The maximum absolute atomic E-state index is 9.96. The molecule has 0 amide bonds. The van der Waals surface area contributed by atoms with E-state index >= 15 is 0 Å². The largest absolute Gasteiger partial charge is 0.351 e. The standard InChI is InChI=1S/C9H9ClO2/c10-9(12-7-6-11)8-4-2-1-3-5-8/h1-6,9H,7H2. The van der Waals surface area contributed by atoms with E-state index < -0.39 is 5.56 Å². The van der Waals surface area contributed by atoms with Crippen molar-refractivity contribution < 1.29 is 9.53 Å². The molecule has 0 aliphatic carbocycles. The lowest BCUT2D eigenvalue weighted by molar-refractivity contribution is -0.112. The predicted octanol–water partition coefficient (Wildman–Crippen LogP) is 2.14. The normalized spacial score (nSPS) is 12.4. The van der Waals surface area contributed by atoms with Gasteiger partial charge < -0.3 is 9.53 Å². The molecule has 64 valence electrons. The van der Waals surface area contributed by atoms with Crippen molar-refractivity contribution in [2.24, 2.45) is 0 Å². The summed E-state index contributed by atoms with van der Waals surface area (Å²) in [7, 11) is 0. The lowest BCUT2D eigenvalue weighted by Gasteiger charge is -2.07. The molecule has 0 bridgehead atoms. The number of carbonyl (C=O) groups is 1. The van der Waals surface area contributed by atoms with Gasteiger partial charge in [-0.2, -0.15) is 0 Å². The number of benzene rings is 1. The average molecular weight is 185 g/mol. The molecule has 1 atom stereocenters. The first-order valence-corrected chi connectivity index (χ1v) is 4.02. The second-order valence-electron chi connectivity index (χ2n) is 2.23.